The normalized spacial score (nSPS) is 10.2. The molecule has 0 saturated heterocycles. The van der Waals surface area contributed by atoms with Crippen LogP contribution in [0.5, 0.6) is 0 Å². The molecular weight excluding hydrogens is 324 g/mol. The highest BCUT2D eigenvalue weighted by Gasteiger charge is 2.17. The van der Waals surface area contributed by atoms with E-state index in [1.54, 1.807) is 24.1 Å². The number of nitrogens with zero attached hydrogens (tertiary/aromatic N) is 2. The van der Waals surface area contributed by atoms with Gasteiger partial charge in [-0.3, -0.25) is 14.6 Å². The first-order valence-electron chi connectivity index (χ1n) is 6.63. The van der Waals surface area contributed by atoms with Gasteiger partial charge in [0.25, 0.3) is 5.91 Å². The van der Waals surface area contributed by atoms with Crippen molar-refractivity contribution in [2.45, 2.75) is 26.7 Å². The highest BCUT2D eigenvalue weighted by Crippen LogP contribution is 2.12. The molecule has 0 aliphatic carbocycles. The number of hydrogen-bond donors (Lipinski definition) is 0. The van der Waals surface area contributed by atoms with Gasteiger partial charge < -0.3 is 9.64 Å². The molecular formula is C14H19BrN2O3. The molecule has 0 radical (unpaired) electrons. The van der Waals surface area contributed by atoms with E-state index in [1.807, 2.05) is 6.92 Å². The van der Waals surface area contributed by atoms with Crippen LogP contribution < -0.4 is 0 Å². The third-order valence-electron chi connectivity index (χ3n) is 2.62. The monoisotopic (exact) mass is 342 g/mol. The Bertz CT molecular complexity index is 465. The average molecular weight is 343 g/mol. The Labute approximate surface area is 127 Å². The third kappa shape index (κ3) is 5.28. The van der Waals surface area contributed by atoms with Gasteiger partial charge in [-0.15, -0.1) is 0 Å². The maximum Gasteiger partial charge on any atom is 0.307 e. The van der Waals surface area contributed by atoms with Crippen molar-refractivity contribution < 1.29 is 14.3 Å². The predicted octanol–water partition coefficient (Wildman–Crippen LogP) is 2.65. The summed E-state index contributed by atoms with van der Waals surface area (Å²) in [6, 6.07) is 1.72. The number of carbonyl (C=O) groups excluding carboxylic acids is 2. The average Bonchev–Trinajstić information content (AvgIpc) is 2.43. The molecule has 0 atom stereocenters. The van der Waals surface area contributed by atoms with Crippen molar-refractivity contribution in [3.8, 4) is 0 Å². The minimum absolute atomic E-state index is 0.120. The van der Waals surface area contributed by atoms with Crippen LogP contribution in [0.2, 0.25) is 0 Å². The first-order chi connectivity index (χ1) is 9.58. The standard InChI is InChI=1S/C14H19BrN2O3/c1-3-6-17(7-5-13(18)20-4-2)14(19)11-8-12(15)10-16-9-11/h8-10H,3-7H2,1-2H3. The van der Waals surface area contributed by atoms with E-state index in [-0.39, 0.29) is 18.3 Å². The van der Waals surface area contributed by atoms with E-state index in [2.05, 4.69) is 20.9 Å². The summed E-state index contributed by atoms with van der Waals surface area (Å²) in [5.41, 5.74) is 0.511. The van der Waals surface area contributed by atoms with Crippen molar-refractivity contribution in [1.82, 2.24) is 9.88 Å². The fourth-order valence-corrected chi connectivity index (χ4v) is 2.12. The van der Waals surface area contributed by atoms with Gasteiger partial charge >= 0.3 is 5.97 Å². The molecule has 6 heteroatoms. The van der Waals surface area contributed by atoms with Crippen molar-refractivity contribution in [2.75, 3.05) is 19.7 Å². The summed E-state index contributed by atoms with van der Waals surface area (Å²) in [6.07, 6.45) is 4.19. The topological polar surface area (TPSA) is 59.5 Å². The lowest BCUT2D eigenvalue weighted by Crippen LogP contribution is -2.34. The van der Waals surface area contributed by atoms with E-state index in [9.17, 15) is 9.59 Å². The number of halogens is 1. The number of amides is 1. The molecule has 0 spiro atoms. The Hall–Kier alpha value is -1.43. The van der Waals surface area contributed by atoms with Gasteiger partial charge in [0, 0.05) is 30.0 Å². The zero-order valence-corrected chi connectivity index (χ0v) is 13.4. The van der Waals surface area contributed by atoms with E-state index in [0.29, 0.717) is 25.3 Å². The van der Waals surface area contributed by atoms with Crippen LogP contribution in [-0.4, -0.2) is 41.5 Å². The second-order valence-electron chi connectivity index (χ2n) is 4.24. The van der Waals surface area contributed by atoms with E-state index in [1.165, 1.54) is 6.20 Å². The van der Waals surface area contributed by atoms with E-state index in [0.717, 1.165) is 10.9 Å². The highest BCUT2D eigenvalue weighted by molar-refractivity contribution is 9.10. The number of esters is 1. The molecule has 0 bridgehead atoms. The summed E-state index contributed by atoms with van der Waals surface area (Å²) in [5.74, 6) is -0.404. The molecule has 0 aliphatic heterocycles. The number of carbonyl (C=O) groups is 2. The van der Waals surface area contributed by atoms with Crippen molar-refractivity contribution in [1.29, 1.82) is 0 Å². The summed E-state index contributed by atoms with van der Waals surface area (Å²) in [5, 5.41) is 0. The third-order valence-corrected chi connectivity index (χ3v) is 3.06. The molecule has 0 aromatic carbocycles. The minimum Gasteiger partial charge on any atom is -0.466 e. The van der Waals surface area contributed by atoms with Gasteiger partial charge in [-0.05, 0) is 35.3 Å². The molecule has 1 aromatic heterocycles. The zero-order valence-electron chi connectivity index (χ0n) is 11.8. The Morgan fingerprint density at radius 1 is 1.30 bits per heavy atom. The van der Waals surface area contributed by atoms with Crippen LogP contribution in [-0.2, 0) is 9.53 Å². The maximum atomic E-state index is 12.4. The number of aromatic nitrogens is 1. The molecule has 20 heavy (non-hydrogen) atoms. The van der Waals surface area contributed by atoms with Gasteiger partial charge in [0.2, 0.25) is 0 Å². The van der Waals surface area contributed by atoms with Crippen molar-refractivity contribution >= 4 is 27.8 Å². The molecule has 1 rings (SSSR count). The van der Waals surface area contributed by atoms with Crippen LogP contribution in [0.15, 0.2) is 22.9 Å². The van der Waals surface area contributed by atoms with Crippen molar-refractivity contribution in [3.05, 3.63) is 28.5 Å². The van der Waals surface area contributed by atoms with Gasteiger partial charge in [0.1, 0.15) is 0 Å². The van der Waals surface area contributed by atoms with Gasteiger partial charge in [0.05, 0.1) is 18.6 Å². The second-order valence-corrected chi connectivity index (χ2v) is 5.15. The first kappa shape index (κ1) is 16.6. The van der Waals surface area contributed by atoms with E-state index >= 15 is 0 Å². The van der Waals surface area contributed by atoms with Crippen LogP contribution in [0, 0.1) is 0 Å². The smallest absolute Gasteiger partial charge is 0.307 e. The number of ether oxygens (including phenoxy) is 1. The first-order valence-corrected chi connectivity index (χ1v) is 7.43. The quantitative estimate of drug-likeness (QED) is 0.714. The van der Waals surface area contributed by atoms with E-state index < -0.39 is 0 Å². The highest BCUT2D eigenvalue weighted by atomic mass is 79.9. The Morgan fingerprint density at radius 3 is 2.65 bits per heavy atom. The Balaban J connectivity index is 2.69. The Kier molecular flexibility index (Phi) is 7.22. The molecule has 0 fully saturated rings. The molecule has 0 N–H and O–H groups in total. The van der Waals surface area contributed by atoms with Gasteiger partial charge in [-0.1, -0.05) is 6.92 Å². The lowest BCUT2D eigenvalue weighted by Gasteiger charge is -2.21. The molecule has 1 aromatic rings. The summed E-state index contributed by atoms with van der Waals surface area (Å²) in [4.78, 5) is 29.4. The Morgan fingerprint density at radius 2 is 2.05 bits per heavy atom. The molecule has 1 heterocycles. The molecule has 5 nitrogen and oxygen atoms in total. The maximum absolute atomic E-state index is 12.4. The molecule has 0 saturated carbocycles. The van der Waals surface area contributed by atoms with Gasteiger partial charge in [-0.25, -0.2) is 0 Å². The fraction of sp³-hybridized carbons (Fsp3) is 0.500. The van der Waals surface area contributed by atoms with Crippen LogP contribution in [0.4, 0.5) is 0 Å². The number of hydrogen-bond acceptors (Lipinski definition) is 4. The molecule has 0 aliphatic rings. The minimum atomic E-state index is -0.284. The largest absolute Gasteiger partial charge is 0.466 e. The van der Waals surface area contributed by atoms with Crippen molar-refractivity contribution in [2.24, 2.45) is 0 Å². The summed E-state index contributed by atoms with van der Waals surface area (Å²) < 4.78 is 5.63. The molecule has 0 unspecified atom stereocenters. The summed E-state index contributed by atoms with van der Waals surface area (Å²) >= 11 is 3.29. The molecule has 110 valence electrons. The van der Waals surface area contributed by atoms with Crippen LogP contribution in [0.1, 0.15) is 37.0 Å². The SMILES string of the molecule is CCCN(CCC(=O)OCC)C(=O)c1cncc(Br)c1. The lowest BCUT2D eigenvalue weighted by molar-refractivity contribution is -0.143. The lowest BCUT2D eigenvalue weighted by atomic mass is 10.2. The predicted molar refractivity (Wildman–Crippen MR) is 79.4 cm³/mol. The molecule has 1 amide bonds. The van der Waals surface area contributed by atoms with Crippen LogP contribution in [0.25, 0.3) is 0 Å². The summed E-state index contributed by atoms with van der Waals surface area (Å²) in [6.45, 7) is 5.07. The number of pyridine rings is 1. The second kappa shape index (κ2) is 8.68. The number of rotatable bonds is 7. The van der Waals surface area contributed by atoms with Crippen LogP contribution in [0.3, 0.4) is 0 Å². The van der Waals surface area contributed by atoms with Gasteiger partial charge in [0.15, 0.2) is 0 Å². The van der Waals surface area contributed by atoms with Crippen molar-refractivity contribution in [3.63, 3.8) is 0 Å². The fourth-order valence-electron chi connectivity index (χ4n) is 1.76. The van der Waals surface area contributed by atoms with Crippen LogP contribution >= 0.6 is 15.9 Å². The summed E-state index contributed by atoms with van der Waals surface area (Å²) in [7, 11) is 0. The zero-order chi connectivity index (χ0) is 15.0. The van der Waals surface area contributed by atoms with Gasteiger partial charge in [-0.2, -0.15) is 0 Å². The van der Waals surface area contributed by atoms with E-state index in [4.69, 9.17) is 4.74 Å².